The molecule has 0 spiro atoms. The van der Waals surface area contributed by atoms with E-state index in [0.717, 1.165) is 0 Å². The van der Waals surface area contributed by atoms with Crippen molar-refractivity contribution < 1.29 is 10.2 Å². The lowest BCUT2D eigenvalue weighted by atomic mass is 11.4. The summed E-state index contributed by atoms with van der Waals surface area (Å²) >= 11 is 7.74. The molecule has 13 heavy (non-hydrogen) atoms. The molecule has 0 aromatic rings. The minimum absolute atomic E-state index is 0. The predicted octanol–water partition coefficient (Wildman–Crippen LogP) is 2.76. The maximum atomic E-state index is 7.56. The molecule has 0 aromatic carbocycles. The Morgan fingerprint density at radius 2 is 0.692 bits per heavy atom. The van der Waals surface area contributed by atoms with Crippen molar-refractivity contribution in [3.63, 3.8) is 0 Å². The summed E-state index contributed by atoms with van der Waals surface area (Å²) in [5.41, 5.74) is 8.80. The maximum absolute atomic E-state index is 7.56. The van der Waals surface area contributed by atoms with Gasteiger partial charge in [-0.05, 0) is 24.4 Å². The van der Waals surface area contributed by atoms with E-state index in [1.807, 2.05) is 0 Å². The van der Waals surface area contributed by atoms with Crippen LogP contribution in [0.15, 0.2) is 0 Å². The molecule has 0 amide bonds. The highest BCUT2D eigenvalue weighted by Crippen LogP contribution is 1.40. The van der Waals surface area contributed by atoms with Gasteiger partial charge in [0.25, 0.3) is 10.3 Å². The standard InChI is InChI=1S/2CH3NOS.5CH4/c2*2-1(3)4;;;;;/h2*(H3,2,3,4);5*1H4. The molecule has 0 heterocycles. The number of hydrogen-bond acceptors (Lipinski definition) is 2. The molecule has 0 saturated heterocycles. The number of thiocarbonyl (C=S) groups is 2. The number of aliphatic hydroxyl groups excluding tert-OH is 2. The predicted molar refractivity (Wildman–Crippen MR) is 72.5 cm³/mol. The van der Waals surface area contributed by atoms with Crippen molar-refractivity contribution in [3.8, 4) is 0 Å². The van der Waals surface area contributed by atoms with Crippen LogP contribution < -0.4 is 11.5 Å². The smallest absolute Gasteiger partial charge is 0.251 e. The average Bonchev–Trinajstić information content (AvgIpc) is 1.25. The minimum Gasteiger partial charge on any atom is -0.487 e. The molecule has 0 aliphatic rings. The normalized spacial score (nSPS) is 3.69. The molecule has 0 rings (SSSR count). The lowest BCUT2D eigenvalue weighted by Crippen LogP contribution is -2.03. The first kappa shape index (κ1) is 55.4. The van der Waals surface area contributed by atoms with Crippen LogP contribution in [0.1, 0.15) is 37.1 Å². The second-order valence-electron chi connectivity index (χ2n) is 0.676. The van der Waals surface area contributed by atoms with Gasteiger partial charge in [0.1, 0.15) is 0 Å². The molecule has 0 atom stereocenters. The fraction of sp³-hybridized carbons (Fsp3) is 0.714. The van der Waals surface area contributed by atoms with Crippen LogP contribution in [0.5, 0.6) is 0 Å². The van der Waals surface area contributed by atoms with Gasteiger partial charge in [-0.25, -0.2) is 0 Å². The molecule has 0 radical (unpaired) electrons. The zero-order chi connectivity index (χ0) is 7.15. The zero-order valence-electron chi connectivity index (χ0n) is 3.87. The Balaban J connectivity index is -0.00000000800. The Hall–Kier alpha value is -0.620. The van der Waals surface area contributed by atoms with Gasteiger partial charge in [0, 0.05) is 0 Å². The number of rotatable bonds is 0. The van der Waals surface area contributed by atoms with Crippen LogP contribution in [0.4, 0.5) is 0 Å². The van der Waals surface area contributed by atoms with Crippen molar-refractivity contribution >= 4 is 34.8 Å². The highest BCUT2D eigenvalue weighted by atomic mass is 32.1. The van der Waals surface area contributed by atoms with Gasteiger partial charge in [-0.2, -0.15) is 0 Å². The lowest BCUT2D eigenvalue weighted by Gasteiger charge is -1.67. The lowest BCUT2D eigenvalue weighted by molar-refractivity contribution is 0.559. The molecule has 0 aromatic heterocycles. The van der Waals surface area contributed by atoms with Crippen molar-refractivity contribution in [3.05, 3.63) is 0 Å². The highest BCUT2D eigenvalue weighted by molar-refractivity contribution is 7.80. The molecule has 0 aliphatic heterocycles. The molecule has 0 aliphatic carbocycles. The van der Waals surface area contributed by atoms with E-state index < -0.39 is 10.3 Å². The van der Waals surface area contributed by atoms with E-state index in [1.165, 1.54) is 0 Å². The van der Waals surface area contributed by atoms with Gasteiger partial charge in [0.2, 0.25) is 0 Å². The third-order valence-corrected chi connectivity index (χ3v) is 0. The fourth-order valence-electron chi connectivity index (χ4n) is 0. The third-order valence-electron chi connectivity index (χ3n) is 0. The number of nitrogens with two attached hydrogens (primary N) is 2. The van der Waals surface area contributed by atoms with E-state index in [9.17, 15) is 0 Å². The first-order chi connectivity index (χ1) is 3.46. The molecular weight excluding hydrogens is 208 g/mol. The fourth-order valence-corrected chi connectivity index (χ4v) is 0. The molecule has 6 heteroatoms. The van der Waals surface area contributed by atoms with Crippen LogP contribution in [-0.4, -0.2) is 20.6 Å². The molecule has 4 nitrogen and oxygen atoms in total. The molecule has 0 saturated carbocycles. The summed E-state index contributed by atoms with van der Waals surface area (Å²) in [5.74, 6) is 0. The van der Waals surface area contributed by atoms with E-state index in [4.69, 9.17) is 10.2 Å². The Labute approximate surface area is 93.9 Å². The van der Waals surface area contributed by atoms with Gasteiger partial charge in [-0.3, -0.25) is 0 Å². The van der Waals surface area contributed by atoms with Crippen LogP contribution in [0.25, 0.3) is 0 Å². The summed E-state index contributed by atoms with van der Waals surface area (Å²) < 4.78 is 0. The Morgan fingerprint density at radius 1 is 0.692 bits per heavy atom. The van der Waals surface area contributed by atoms with Crippen molar-refractivity contribution in [2.45, 2.75) is 37.1 Å². The van der Waals surface area contributed by atoms with Crippen molar-refractivity contribution in [2.24, 2.45) is 11.5 Å². The molecule has 0 fully saturated rings. The maximum Gasteiger partial charge on any atom is 0.251 e. The Bertz CT molecular complexity index is 80.5. The Kier molecular flexibility index (Phi) is 180. The van der Waals surface area contributed by atoms with Crippen LogP contribution in [0.2, 0.25) is 0 Å². The number of hydrogen-bond donors (Lipinski definition) is 4. The van der Waals surface area contributed by atoms with Gasteiger partial charge in [-0.1, -0.05) is 37.1 Å². The number of aliphatic hydroxyl groups is 2. The van der Waals surface area contributed by atoms with Gasteiger partial charge in [0.05, 0.1) is 0 Å². The molecule has 6 N–H and O–H groups in total. The quantitative estimate of drug-likeness (QED) is 0.482. The summed E-state index contributed by atoms with van der Waals surface area (Å²) in [4.78, 5) is 0. The van der Waals surface area contributed by atoms with Crippen molar-refractivity contribution in [1.82, 2.24) is 0 Å². The van der Waals surface area contributed by atoms with Gasteiger partial charge >= 0.3 is 0 Å². The summed E-state index contributed by atoms with van der Waals surface area (Å²) in [5, 5.41) is 14.1. The highest BCUT2D eigenvalue weighted by Gasteiger charge is 1.57. The third kappa shape index (κ3) is 2600. The second kappa shape index (κ2) is 42.4. The van der Waals surface area contributed by atoms with Crippen LogP contribution in [-0.2, 0) is 0 Å². The summed E-state index contributed by atoms with van der Waals surface area (Å²) in [6.07, 6.45) is 0. The SMILES string of the molecule is C.C.C.C.C.NC(O)=S.NC(O)=S. The van der Waals surface area contributed by atoms with E-state index in [2.05, 4.69) is 35.9 Å². The van der Waals surface area contributed by atoms with Crippen LogP contribution in [0.3, 0.4) is 0 Å². The monoisotopic (exact) mass is 234 g/mol. The van der Waals surface area contributed by atoms with Crippen LogP contribution in [0, 0.1) is 0 Å². The largest absolute Gasteiger partial charge is 0.487 e. The van der Waals surface area contributed by atoms with Gasteiger partial charge in [0.15, 0.2) is 0 Å². The second-order valence-corrected chi connectivity index (χ2v) is 1.51. The molecule has 0 bridgehead atoms. The first-order valence-corrected chi connectivity index (χ1v) is 2.25. The minimum atomic E-state index is -0.500. The van der Waals surface area contributed by atoms with E-state index >= 15 is 0 Å². The van der Waals surface area contributed by atoms with Crippen molar-refractivity contribution in [2.75, 3.05) is 0 Å². The van der Waals surface area contributed by atoms with Crippen LogP contribution >= 0.6 is 24.4 Å². The molecular formula is C7H26N2O2S2. The Morgan fingerprint density at radius 3 is 0.692 bits per heavy atom. The average molecular weight is 234 g/mol. The van der Waals surface area contributed by atoms with Crippen molar-refractivity contribution in [1.29, 1.82) is 0 Å². The summed E-state index contributed by atoms with van der Waals surface area (Å²) in [7, 11) is 0. The van der Waals surface area contributed by atoms with Gasteiger partial charge in [-0.15, -0.1) is 0 Å². The topological polar surface area (TPSA) is 92.5 Å². The molecule has 88 valence electrons. The zero-order valence-corrected chi connectivity index (χ0v) is 5.50. The summed E-state index contributed by atoms with van der Waals surface area (Å²) in [6, 6.07) is 0. The summed E-state index contributed by atoms with van der Waals surface area (Å²) in [6.45, 7) is 0. The van der Waals surface area contributed by atoms with E-state index in [1.54, 1.807) is 0 Å². The molecule has 0 unspecified atom stereocenters. The first-order valence-electron chi connectivity index (χ1n) is 1.43. The van der Waals surface area contributed by atoms with Gasteiger partial charge < -0.3 is 21.7 Å². The van der Waals surface area contributed by atoms with E-state index in [0.29, 0.717) is 0 Å². The van der Waals surface area contributed by atoms with E-state index in [-0.39, 0.29) is 37.1 Å².